The van der Waals surface area contributed by atoms with Crippen LogP contribution < -0.4 is 5.32 Å². The first-order valence-electron chi connectivity index (χ1n) is 7.54. The Hall–Kier alpha value is -2.90. The highest BCUT2D eigenvalue weighted by molar-refractivity contribution is 5.91. The van der Waals surface area contributed by atoms with Crippen LogP contribution in [0.15, 0.2) is 24.4 Å². The van der Waals surface area contributed by atoms with Gasteiger partial charge in [0, 0.05) is 29.2 Å². The van der Waals surface area contributed by atoms with E-state index in [4.69, 9.17) is 0 Å². The highest BCUT2D eigenvalue weighted by Gasteiger charge is 2.22. The number of nitro benzene ring substituents is 1. The van der Waals surface area contributed by atoms with E-state index >= 15 is 0 Å². The summed E-state index contributed by atoms with van der Waals surface area (Å²) in [6, 6.07) is 3.41. The minimum atomic E-state index is -1.08. The van der Waals surface area contributed by atoms with Crippen molar-refractivity contribution in [3.63, 3.8) is 0 Å². The largest absolute Gasteiger partial charge is 0.480 e. The number of nitrogens with one attached hydrogen (secondary N) is 2. The van der Waals surface area contributed by atoms with Crippen molar-refractivity contribution in [2.24, 2.45) is 5.92 Å². The van der Waals surface area contributed by atoms with Crippen LogP contribution in [0.2, 0.25) is 0 Å². The Morgan fingerprint density at radius 1 is 1.38 bits per heavy atom. The molecular weight excluding hydrogens is 314 g/mol. The quantitative estimate of drug-likeness (QED) is 0.529. The minimum Gasteiger partial charge on any atom is -0.480 e. The summed E-state index contributed by atoms with van der Waals surface area (Å²) in [5.41, 5.74) is 1.20. The molecule has 0 radical (unpaired) electrons. The zero-order chi connectivity index (χ0) is 17.9. The highest BCUT2D eigenvalue weighted by atomic mass is 16.6. The standard InChI is InChI=1S/C16H19N3O5/c1-9(2)5-14(16(21)22)18-15(20)6-10-8-17-13-4-3-11(19(23)24)7-12(10)13/h3-4,7-9,14,17H,5-6H2,1-2H3,(H,18,20)(H,21,22). The molecule has 1 amide bonds. The SMILES string of the molecule is CC(C)CC(NC(=O)Cc1c[nH]c2ccc([N+](=O)[O-])cc12)C(=O)O. The molecule has 8 nitrogen and oxygen atoms in total. The van der Waals surface area contributed by atoms with E-state index in [0.717, 1.165) is 0 Å². The number of nitro groups is 1. The molecule has 1 heterocycles. The van der Waals surface area contributed by atoms with Crippen LogP contribution in [0.1, 0.15) is 25.8 Å². The van der Waals surface area contributed by atoms with E-state index in [1.165, 1.54) is 12.1 Å². The molecule has 1 aromatic heterocycles. The Morgan fingerprint density at radius 2 is 2.08 bits per heavy atom. The van der Waals surface area contributed by atoms with E-state index in [9.17, 15) is 24.8 Å². The first-order valence-corrected chi connectivity index (χ1v) is 7.54. The van der Waals surface area contributed by atoms with Crippen molar-refractivity contribution in [2.45, 2.75) is 32.7 Å². The van der Waals surface area contributed by atoms with Gasteiger partial charge in [0.25, 0.3) is 5.69 Å². The van der Waals surface area contributed by atoms with Gasteiger partial charge in [-0.2, -0.15) is 0 Å². The number of H-pyrrole nitrogens is 1. The summed E-state index contributed by atoms with van der Waals surface area (Å²) in [5.74, 6) is -1.38. The number of aliphatic carboxylic acids is 1. The van der Waals surface area contributed by atoms with E-state index in [1.54, 1.807) is 12.3 Å². The maximum Gasteiger partial charge on any atom is 0.326 e. The van der Waals surface area contributed by atoms with Gasteiger partial charge in [-0.05, 0) is 24.0 Å². The van der Waals surface area contributed by atoms with Crippen LogP contribution in [-0.4, -0.2) is 32.9 Å². The third-order valence-corrected chi connectivity index (χ3v) is 3.65. The molecule has 2 aromatic rings. The van der Waals surface area contributed by atoms with Gasteiger partial charge in [-0.25, -0.2) is 4.79 Å². The third-order valence-electron chi connectivity index (χ3n) is 3.65. The molecule has 128 valence electrons. The number of fused-ring (bicyclic) bond motifs is 1. The van der Waals surface area contributed by atoms with E-state index in [-0.39, 0.29) is 18.0 Å². The molecule has 24 heavy (non-hydrogen) atoms. The van der Waals surface area contributed by atoms with Crippen molar-refractivity contribution in [3.8, 4) is 0 Å². The second kappa shape index (κ2) is 7.12. The summed E-state index contributed by atoms with van der Waals surface area (Å²) in [6.45, 7) is 3.75. The normalized spacial score (nSPS) is 12.3. The first-order chi connectivity index (χ1) is 11.3. The summed E-state index contributed by atoms with van der Waals surface area (Å²) >= 11 is 0. The molecule has 2 rings (SSSR count). The van der Waals surface area contributed by atoms with Crippen LogP contribution in [0.4, 0.5) is 5.69 Å². The minimum absolute atomic E-state index is 0.0525. The lowest BCUT2D eigenvalue weighted by Crippen LogP contribution is -2.42. The van der Waals surface area contributed by atoms with Crippen molar-refractivity contribution < 1.29 is 19.6 Å². The van der Waals surface area contributed by atoms with Gasteiger partial charge < -0.3 is 15.4 Å². The Balaban J connectivity index is 2.16. The molecule has 0 spiro atoms. The third kappa shape index (κ3) is 4.09. The number of non-ortho nitro benzene ring substituents is 1. The Morgan fingerprint density at radius 3 is 2.67 bits per heavy atom. The van der Waals surface area contributed by atoms with Gasteiger partial charge >= 0.3 is 5.97 Å². The van der Waals surface area contributed by atoms with Gasteiger partial charge in [-0.1, -0.05) is 13.8 Å². The number of aromatic nitrogens is 1. The molecule has 0 aliphatic heterocycles. The number of rotatable bonds is 7. The Bertz CT molecular complexity index is 781. The van der Waals surface area contributed by atoms with Crippen LogP contribution in [0.25, 0.3) is 10.9 Å². The molecule has 1 unspecified atom stereocenters. The Labute approximate surface area is 138 Å². The van der Waals surface area contributed by atoms with Crippen molar-refractivity contribution in [1.29, 1.82) is 0 Å². The second-order valence-corrected chi connectivity index (χ2v) is 6.07. The van der Waals surface area contributed by atoms with Crippen LogP contribution in [0.5, 0.6) is 0 Å². The Kier molecular flexibility index (Phi) is 5.18. The van der Waals surface area contributed by atoms with E-state index in [1.807, 2.05) is 13.8 Å². The van der Waals surface area contributed by atoms with Crippen LogP contribution in [0, 0.1) is 16.0 Å². The molecule has 0 aliphatic rings. The number of hydrogen-bond donors (Lipinski definition) is 3. The molecule has 8 heteroatoms. The fourth-order valence-electron chi connectivity index (χ4n) is 2.54. The number of carbonyl (C=O) groups is 2. The van der Waals surface area contributed by atoms with Gasteiger partial charge in [0.15, 0.2) is 0 Å². The second-order valence-electron chi connectivity index (χ2n) is 6.07. The average molecular weight is 333 g/mol. The highest BCUT2D eigenvalue weighted by Crippen LogP contribution is 2.24. The molecule has 0 saturated heterocycles. The predicted molar refractivity (Wildman–Crippen MR) is 87.7 cm³/mol. The number of aromatic amines is 1. The molecule has 3 N–H and O–H groups in total. The topological polar surface area (TPSA) is 125 Å². The van der Waals surface area contributed by atoms with Crippen LogP contribution in [0.3, 0.4) is 0 Å². The zero-order valence-electron chi connectivity index (χ0n) is 13.4. The van der Waals surface area contributed by atoms with Crippen LogP contribution >= 0.6 is 0 Å². The number of amides is 1. The number of carbonyl (C=O) groups excluding carboxylic acids is 1. The lowest BCUT2D eigenvalue weighted by molar-refractivity contribution is -0.384. The summed E-state index contributed by atoms with van der Waals surface area (Å²) in [4.78, 5) is 36.7. The smallest absolute Gasteiger partial charge is 0.326 e. The summed E-state index contributed by atoms with van der Waals surface area (Å²) in [6.07, 6.45) is 1.88. The van der Waals surface area contributed by atoms with Crippen molar-refractivity contribution in [3.05, 3.63) is 40.1 Å². The van der Waals surface area contributed by atoms with E-state index in [2.05, 4.69) is 10.3 Å². The zero-order valence-corrected chi connectivity index (χ0v) is 13.4. The number of hydrogen-bond acceptors (Lipinski definition) is 4. The molecule has 0 aliphatic carbocycles. The van der Waals surface area contributed by atoms with Crippen molar-refractivity contribution >= 4 is 28.5 Å². The molecule has 1 atom stereocenters. The molecule has 0 fully saturated rings. The maximum atomic E-state index is 12.1. The summed E-state index contributed by atoms with van der Waals surface area (Å²) in [5, 5.41) is 23.1. The maximum absolute atomic E-state index is 12.1. The van der Waals surface area contributed by atoms with Gasteiger partial charge in [-0.3, -0.25) is 14.9 Å². The molecule has 0 saturated carbocycles. The summed E-state index contributed by atoms with van der Waals surface area (Å²) in [7, 11) is 0. The van der Waals surface area contributed by atoms with Gasteiger partial charge in [-0.15, -0.1) is 0 Å². The van der Waals surface area contributed by atoms with Gasteiger partial charge in [0.1, 0.15) is 6.04 Å². The van der Waals surface area contributed by atoms with E-state index < -0.39 is 22.8 Å². The van der Waals surface area contributed by atoms with Gasteiger partial charge in [0.05, 0.1) is 11.3 Å². The lowest BCUT2D eigenvalue weighted by atomic mass is 10.0. The van der Waals surface area contributed by atoms with Crippen LogP contribution in [-0.2, 0) is 16.0 Å². The number of benzene rings is 1. The molecular formula is C16H19N3O5. The summed E-state index contributed by atoms with van der Waals surface area (Å²) < 4.78 is 0. The number of nitrogens with zero attached hydrogens (tertiary/aromatic N) is 1. The lowest BCUT2D eigenvalue weighted by Gasteiger charge is -2.16. The average Bonchev–Trinajstić information content (AvgIpc) is 2.88. The van der Waals surface area contributed by atoms with Crippen molar-refractivity contribution in [1.82, 2.24) is 10.3 Å². The fraction of sp³-hybridized carbons (Fsp3) is 0.375. The van der Waals surface area contributed by atoms with E-state index in [0.29, 0.717) is 22.9 Å². The predicted octanol–water partition coefficient (Wildman–Crippen LogP) is 2.23. The fourth-order valence-corrected chi connectivity index (χ4v) is 2.54. The van der Waals surface area contributed by atoms with Gasteiger partial charge in [0.2, 0.25) is 5.91 Å². The molecule has 0 bridgehead atoms. The van der Waals surface area contributed by atoms with Crippen molar-refractivity contribution in [2.75, 3.05) is 0 Å². The first kappa shape index (κ1) is 17.5. The monoisotopic (exact) mass is 333 g/mol. The number of carboxylic acid groups (broad SMARTS) is 1. The molecule has 1 aromatic carbocycles. The number of carboxylic acids is 1.